The van der Waals surface area contributed by atoms with Gasteiger partial charge in [-0.15, -0.1) is 0 Å². The molecule has 0 saturated heterocycles. The van der Waals surface area contributed by atoms with E-state index in [1.807, 2.05) is 41.2 Å². The third kappa shape index (κ3) is 3.27. The van der Waals surface area contributed by atoms with Crippen molar-refractivity contribution in [1.29, 1.82) is 0 Å². The summed E-state index contributed by atoms with van der Waals surface area (Å²) in [5.74, 6) is 0.0252. The van der Waals surface area contributed by atoms with E-state index in [0.29, 0.717) is 6.54 Å². The number of fused-ring (bicyclic) bond motifs is 2. The molecule has 1 N–H and O–H groups in total. The van der Waals surface area contributed by atoms with Gasteiger partial charge in [0.15, 0.2) is 0 Å². The molecule has 1 amide bonds. The van der Waals surface area contributed by atoms with E-state index in [-0.39, 0.29) is 5.91 Å². The minimum Gasteiger partial charge on any atom is -0.352 e. The van der Waals surface area contributed by atoms with Crippen molar-refractivity contribution in [3.63, 3.8) is 0 Å². The maximum atomic E-state index is 12.9. The lowest BCUT2D eigenvalue weighted by molar-refractivity contribution is 0.0953. The van der Waals surface area contributed by atoms with E-state index in [0.717, 1.165) is 66.4 Å². The molecule has 2 aromatic heterocycles. The van der Waals surface area contributed by atoms with Crippen LogP contribution in [-0.2, 0) is 19.4 Å². The van der Waals surface area contributed by atoms with Gasteiger partial charge in [-0.2, -0.15) is 5.10 Å². The summed E-state index contributed by atoms with van der Waals surface area (Å²) in [7, 11) is 0. The Hall–Kier alpha value is -2.69. The molecule has 0 atom stereocenters. The smallest absolute Gasteiger partial charge is 0.252 e. The third-order valence-electron chi connectivity index (χ3n) is 4.81. The van der Waals surface area contributed by atoms with E-state index in [4.69, 9.17) is 4.98 Å². The molecule has 0 spiro atoms. The predicted molar refractivity (Wildman–Crippen MR) is 97.6 cm³/mol. The fourth-order valence-electron chi connectivity index (χ4n) is 3.60. The quantitative estimate of drug-likeness (QED) is 0.729. The van der Waals surface area contributed by atoms with Gasteiger partial charge in [-0.25, -0.2) is 0 Å². The molecule has 0 aliphatic heterocycles. The monoisotopic (exact) mass is 334 g/mol. The molecule has 128 valence electrons. The molecule has 0 saturated carbocycles. The second-order valence-corrected chi connectivity index (χ2v) is 6.51. The average Bonchev–Trinajstić information content (AvgIpc) is 3.16. The minimum atomic E-state index is 0.0252. The van der Waals surface area contributed by atoms with Crippen LogP contribution in [0, 0.1) is 0 Å². The van der Waals surface area contributed by atoms with Gasteiger partial charge < -0.3 is 5.32 Å². The first-order chi connectivity index (χ1) is 12.3. The van der Waals surface area contributed by atoms with E-state index in [2.05, 4.69) is 10.4 Å². The van der Waals surface area contributed by atoms with Gasteiger partial charge in [0, 0.05) is 36.6 Å². The Labute approximate surface area is 147 Å². The zero-order valence-corrected chi connectivity index (χ0v) is 14.2. The van der Waals surface area contributed by atoms with Gasteiger partial charge in [-0.05, 0) is 49.8 Å². The maximum Gasteiger partial charge on any atom is 0.252 e. The van der Waals surface area contributed by atoms with Crippen LogP contribution >= 0.6 is 0 Å². The fraction of sp³-hybridized carbons (Fsp3) is 0.350. The largest absolute Gasteiger partial charge is 0.352 e. The Kier molecular flexibility index (Phi) is 4.46. The Morgan fingerprint density at radius 1 is 1.16 bits per heavy atom. The number of nitrogens with one attached hydrogen (secondary N) is 1. The van der Waals surface area contributed by atoms with E-state index in [9.17, 15) is 4.79 Å². The van der Waals surface area contributed by atoms with Crippen LogP contribution in [0.1, 0.15) is 40.9 Å². The van der Waals surface area contributed by atoms with Gasteiger partial charge in [0.2, 0.25) is 0 Å². The molecule has 1 aliphatic carbocycles. The van der Waals surface area contributed by atoms with Crippen molar-refractivity contribution in [3.05, 3.63) is 59.5 Å². The van der Waals surface area contributed by atoms with E-state index < -0.39 is 0 Å². The highest BCUT2D eigenvalue weighted by atomic mass is 16.1. The lowest BCUT2D eigenvalue weighted by Crippen LogP contribution is -2.28. The summed E-state index contributed by atoms with van der Waals surface area (Å²) in [5.41, 5.74) is 4.00. The van der Waals surface area contributed by atoms with Gasteiger partial charge in [-0.1, -0.05) is 18.2 Å². The van der Waals surface area contributed by atoms with Crippen molar-refractivity contribution in [2.75, 3.05) is 6.54 Å². The molecule has 0 radical (unpaired) electrons. The molecule has 2 heterocycles. The molecular formula is C20H22N4O. The summed E-state index contributed by atoms with van der Waals surface area (Å²) in [5, 5.41) is 8.25. The topological polar surface area (TPSA) is 59.8 Å². The number of carbonyl (C=O) groups is 1. The van der Waals surface area contributed by atoms with Crippen molar-refractivity contribution in [2.24, 2.45) is 0 Å². The van der Waals surface area contributed by atoms with E-state index in [1.165, 1.54) is 0 Å². The lowest BCUT2D eigenvalue weighted by atomic mass is 9.89. The molecule has 1 aromatic carbocycles. The number of aromatic nitrogens is 3. The van der Waals surface area contributed by atoms with Crippen molar-refractivity contribution in [3.8, 4) is 0 Å². The van der Waals surface area contributed by atoms with Crippen molar-refractivity contribution in [1.82, 2.24) is 20.1 Å². The fourth-order valence-corrected chi connectivity index (χ4v) is 3.60. The van der Waals surface area contributed by atoms with Crippen molar-refractivity contribution < 1.29 is 4.79 Å². The lowest BCUT2D eigenvalue weighted by Gasteiger charge is -2.20. The standard InChI is InChI=1S/C20H22N4O/c25-20(21-11-5-13-24-14-6-12-22-24)19-15-7-1-3-9-17(15)23-18-10-4-2-8-16(18)19/h1,3,6-7,9,12,14H,2,4-5,8,10-11,13H2,(H,21,25). The van der Waals surface area contributed by atoms with Gasteiger partial charge in [-0.3, -0.25) is 14.5 Å². The first kappa shape index (κ1) is 15.8. The van der Waals surface area contributed by atoms with Crippen LogP contribution in [0.25, 0.3) is 10.9 Å². The highest BCUT2D eigenvalue weighted by Gasteiger charge is 2.22. The number of nitrogens with zero attached hydrogens (tertiary/aromatic N) is 3. The van der Waals surface area contributed by atoms with E-state index in [1.54, 1.807) is 6.20 Å². The summed E-state index contributed by atoms with van der Waals surface area (Å²) in [4.78, 5) is 17.7. The van der Waals surface area contributed by atoms with Crippen LogP contribution in [0.4, 0.5) is 0 Å². The van der Waals surface area contributed by atoms with E-state index >= 15 is 0 Å². The number of carbonyl (C=O) groups excluding carboxylic acids is 1. The van der Waals surface area contributed by atoms with Gasteiger partial charge in [0.05, 0.1) is 11.1 Å². The molecule has 5 heteroatoms. The summed E-state index contributed by atoms with van der Waals surface area (Å²) in [6, 6.07) is 9.88. The second kappa shape index (κ2) is 7.05. The van der Waals surface area contributed by atoms with Crippen molar-refractivity contribution in [2.45, 2.75) is 38.6 Å². The maximum absolute atomic E-state index is 12.9. The zero-order valence-electron chi connectivity index (χ0n) is 14.2. The average molecular weight is 334 g/mol. The Morgan fingerprint density at radius 3 is 2.92 bits per heavy atom. The third-order valence-corrected chi connectivity index (χ3v) is 4.81. The number of hydrogen-bond donors (Lipinski definition) is 1. The molecule has 0 unspecified atom stereocenters. The minimum absolute atomic E-state index is 0.0252. The summed E-state index contributed by atoms with van der Waals surface area (Å²) < 4.78 is 1.88. The molecule has 0 fully saturated rings. The summed E-state index contributed by atoms with van der Waals surface area (Å²) in [6.07, 6.45) is 8.78. The molecule has 4 rings (SSSR count). The Balaban J connectivity index is 1.55. The SMILES string of the molecule is O=C(NCCCn1cccn1)c1c2c(nc3ccccc13)CCCC2. The van der Waals surface area contributed by atoms with Crippen LogP contribution in [0.2, 0.25) is 0 Å². The summed E-state index contributed by atoms with van der Waals surface area (Å²) in [6.45, 7) is 1.45. The highest BCUT2D eigenvalue weighted by molar-refractivity contribution is 6.07. The predicted octanol–water partition coefficient (Wildman–Crippen LogP) is 3.13. The zero-order chi connectivity index (χ0) is 17.1. The van der Waals surface area contributed by atoms with Crippen LogP contribution in [-0.4, -0.2) is 27.2 Å². The molecule has 3 aromatic rings. The number of rotatable bonds is 5. The summed E-state index contributed by atoms with van der Waals surface area (Å²) >= 11 is 0. The van der Waals surface area contributed by atoms with Crippen molar-refractivity contribution >= 4 is 16.8 Å². The van der Waals surface area contributed by atoms with Gasteiger partial charge >= 0.3 is 0 Å². The number of pyridine rings is 1. The first-order valence-corrected chi connectivity index (χ1v) is 8.99. The van der Waals surface area contributed by atoms with Gasteiger partial charge in [0.1, 0.15) is 0 Å². The number of hydrogen-bond acceptors (Lipinski definition) is 3. The van der Waals surface area contributed by atoms with Crippen LogP contribution in [0.15, 0.2) is 42.7 Å². The van der Waals surface area contributed by atoms with Crippen LogP contribution in [0.3, 0.4) is 0 Å². The Morgan fingerprint density at radius 2 is 2.04 bits per heavy atom. The molecule has 0 bridgehead atoms. The molecule has 25 heavy (non-hydrogen) atoms. The van der Waals surface area contributed by atoms with Crippen LogP contribution < -0.4 is 5.32 Å². The number of para-hydroxylation sites is 1. The second-order valence-electron chi connectivity index (χ2n) is 6.51. The number of amides is 1. The first-order valence-electron chi connectivity index (χ1n) is 8.99. The van der Waals surface area contributed by atoms with Crippen LogP contribution in [0.5, 0.6) is 0 Å². The number of aryl methyl sites for hydroxylation is 2. The van der Waals surface area contributed by atoms with Gasteiger partial charge in [0.25, 0.3) is 5.91 Å². The molecule has 5 nitrogen and oxygen atoms in total. The normalized spacial score (nSPS) is 13.6. The molecular weight excluding hydrogens is 312 g/mol. The Bertz CT molecular complexity index is 886. The number of benzene rings is 1. The molecule has 1 aliphatic rings. The highest BCUT2D eigenvalue weighted by Crippen LogP contribution is 2.29.